The van der Waals surface area contributed by atoms with E-state index in [-0.39, 0.29) is 12.3 Å². The van der Waals surface area contributed by atoms with Crippen molar-refractivity contribution >= 4 is 34.4 Å². The van der Waals surface area contributed by atoms with E-state index in [0.29, 0.717) is 24.2 Å². The third-order valence-corrected chi connectivity index (χ3v) is 6.12. The van der Waals surface area contributed by atoms with E-state index < -0.39 is 29.6 Å². The van der Waals surface area contributed by atoms with Crippen LogP contribution >= 0.6 is 0 Å². The number of carbonyl (C=O) groups is 3. The first-order chi connectivity index (χ1) is 18.6. The van der Waals surface area contributed by atoms with Crippen LogP contribution in [0.5, 0.6) is 5.75 Å². The molecule has 0 aliphatic heterocycles. The SMILES string of the molecule is CCCCCCN(C(=O)CNC(=O)OC(C)(C)C)C(C(=O)Nc1ccc2ccccc2c1)c1cccc(O)c1. The van der Waals surface area contributed by atoms with Gasteiger partial charge in [0.1, 0.15) is 23.9 Å². The summed E-state index contributed by atoms with van der Waals surface area (Å²) < 4.78 is 5.27. The number of phenolic OH excluding ortho intramolecular Hbond substituents is 1. The standard InChI is InChI=1S/C31H39N3O5/c1-5-6-7-10-18-34(27(36)21-32-30(38)39-31(2,3)4)28(24-14-11-15-26(35)20-24)29(37)33-25-17-16-22-12-8-9-13-23(22)19-25/h8-9,11-17,19-20,28,35H,5-7,10,18,21H2,1-4H3,(H,32,38)(H,33,37). The van der Waals surface area contributed by atoms with Crippen LogP contribution in [-0.2, 0) is 14.3 Å². The number of hydrogen-bond acceptors (Lipinski definition) is 5. The van der Waals surface area contributed by atoms with Crippen LogP contribution < -0.4 is 10.6 Å². The maximum atomic E-state index is 13.8. The summed E-state index contributed by atoms with van der Waals surface area (Å²) in [6, 6.07) is 18.8. The largest absolute Gasteiger partial charge is 0.508 e. The second-order valence-corrected chi connectivity index (χ2v) is 10.6. The van der Waals surface area contributed by atoms with Gasteiger partial charge in [0.05, 0.1) is 0 Å². The fraction of sp³-hybridized carbons (Fsp3) is 0.387. The molecule has 0 saturated carbocycles. The van der Waals surface area contributed by atoms with E-state index in [1.54, 1.807) is 32.9 Å². The predicted molar refractivity (Wildman–Crippen MR) is 154 cm³/mol. The van der Waals surface area contributed by atoms with E-state index in [2.05, 4.69) is 17.6 Å². The summed E-state index contributed by atoms with van der Waals surface area (Å²) in [7, 11) is 0. The van der Waals surface area contributed by atoms with Crippen LogP contribution in [0.15, 0.2) is 66.7 Å². The summed E-state index contributed by atoms with van der Waals surface area (Å²) in [5, 5.41) is 17.7. The minimum absolute atomic E-state index is 0.0127. The highest BCUT2D eigenvalue weighted by molar-refractivity contribution is 6.00. The Bertz CT molecular complexity index is 1280. The molecule has 0 bridgehead atoms. The maximum absolute atomic E-state index is 13.8. The number of fused-ring (bicyclic) bond motifs is 1. The lowest BCUT2D eigenvalue weighted by Crippen LogP contribution is -2.47. The quantitative estimate of drug-likeness (QED) is 0.256. The molecule has 0 aromatic heterocycles. The summed E-state index contributed by atoms with van der Waals surface area (Å²) in [4.78, 5) is 41.0. The summed E-state index contributed by atoms with van der Waals surface area (Å²) in [5.74, 6) is -0.863. The summed E-state index contributed by atoms with van der Waals surface area (Å²) in [6.45, 7) is 7.29. The molecular weight excluding hydrogens is 494 g/mol. The monoisotopic (exact) mass is 533 g/mol. The Kier molecular flexibility index (Phi) is 10.3. The van der Waals surface area contributed by atoms with Gasteiger partial charge in [-0.2, -0.15) is 0 Å². The predicted octanol–water partition coefficient (Wildman–Crippen LogP) is 6.16. The first-order valence-electron chi connectivity index (χ1n) is 13.4. The average Bonchev–Trinajstić information content (AvgIpc) is 2.88. The number of anilines is 1. The number of nitrogens with zero attached hydrogens (tertiary/aromatic N) is 1. The van der Waals surface area contributed by atoms with Gasteiger partial charge in [-0.25, -0.2) is 4.79 Å². The Hall–Kier alpha value is -4.07. The number of nitrogens with one attached hydrogen (secondary N) is 2. The van der Waals surface area contributed by atoms with Gasteiger partial charge in [-0.3, -0.25) is 9.59 Å². The highest BCUT2D eigenvalue weighted by atomic mass is 16.6. The minimum atomic E-state index is -1.03. The molecule has 8 heteroatoms. The minimum Gasteiger partial charge on any atom is -0.508 e. The summed E-state index contributed by atoms with van der Waals surface area (Å²) >= 11 is 0. The van der Waals surface area contributed by atoms with Crippen LogP contribution in [0.1, 0.15) is 65.0 Å². The lowest BCUT2D eigenvalue weighted by Gasteiger charge is -2.32. The van der Waals surface area contributed by atoms with Gasteiger partial charge in [0.15, 0.2) is 0 Å². The van der Waals surface area contributed by atoms with E-state index >= 15 is 0 Å². The van der Waals surface area contributed by atoms with Gasteiger partial charge >= 0.3 is 6.09 Å². The van der Waals surface area contributed by atoms with Crippen LogP contribution in [0.25, 0.3) is 10.8 Å². The zero-order valence-corrected chi connectivity index (χ0v) is 23.2. The lowest BCUT2D eigenvalue weighted by atomic mass is 10.0. The highest BCUT2D eigenvalue weighted by Crippen LogP contribution is 2.28. The zero-order chi connectivity index (χ0) is 28.4. The third-order valence-electron chi connectivity index (χ3n) is 6.12. The molecule has 0 aliphatic carbocycles. The van der Waals surface area contributed by atoms with Gasteiger partial charge in [-0.1, -0.05) is 68.7 Å². The van der Waals surface area contributed by atoms with Crippen LogP contribution in [-0.4, -0.2) is 46.6 Å². The van der Waals surface area contributed by atoms with Gasteiger partial charge in [-0.05, 0) is 67.8 Å². The number of amides is 3. The average molecular weight is 534 g/mol. The molecule has 0 spiro atoms. The van der Waals surface area contributed by atoms with Crippen molar-refractivity contribution in [3.05, 3.63) is 72.3 Å². The Balaban J connectivity index is 1.90. The molecule has 0 fully saturated rings. The molecule has 0 radical (unpaired) electrons. The number of hydrogen-bond donors (Lipinski definition) is 3. The molecule has 3 aromatic rings. The molecule has 208 valence electrons. The number of carbonyl (C=O) groups excluding carboxylic acids is 3. The van der Waals surface area contributed by atoms with Crippen molar-refractivity contribution in [2.24, 2.45) is 0 Å². The summed E-state index contributed by atoms with van der Waals surface area (Å²) in [6.07, 6.45) is 2.88. The maximum Gasteiger partial charge on any atom is 0.408 e. The molecule has 0 aliphatic rings. The van der Waals surface area contributed by atoms with Crippen LogP contribution in [0.3, 0.4) is 0 Å². The van der Waals surface area contributed by atoms with Gasteiger partial charge in [0.25, 0.3) is 5.91 Å². The number of ether oxygens (including phenoxy) is 1. The molecule has 8 nitrogen and oxygen atoms in total. The van der Waals surface area contributed by atoms with Crippen molar-refractivity contribution in [2.45, 2.75) is 65.0 Å². The van der Waals surface area contributed by atoms with Crippen molar-refractivity contribution in [3.8, 4) is 5.75 Å². The third kappa shape index (κ3) is 9.02. The van der Waals surface area contributed by atoms with E-state index in [1.807, 2.05) is 42.5 Å². The van der Waals surface area contributed by atoms with E-state index in [1.165, 1.54) is 17.0 Å². The molecule has 1 atom stereocenters. The van der Waals surface area contributed by atoms with Crippen molar-refractivity contribution in [2.75, 3.05) is 18.4 Å². The number of unbranched alkanes of at least 4 members (excludes halogenated alkanes) is 3. The fourth-order valence-electron chi connectivity index (χ4n) is 4.32. The van der Waals surface area contributed by atoms with Crippen LogP contribution in [0.2, 0.25) is 0 Å². The van der Waals surface area contributed by atoms with Crippen LogP contribution in [0, 0.1) is 0 Å². The Morgan fingerprint density at radius 1 is 0.923 bits per heavy atom. The number of benzene rings is 3. The Morgan fingerprint density at radius 2 is 1.67 bits per heavy atom. The molecule has 1 unspecified atom stereocenters. The molecule has 39 heavy (non-hydrogen) atoms. The van der Waals surface area contributed by atoms with E-state index in [0.717, 1.165) is 30.0 Å². The molecule has 3 rings (SSSR count). The second kappa shape index (κ2) is 13.6. The van der Waals surface area contributed by atoms with Crippen LogP contribution in [0.4, 0.5) is 10.5 Å². The molecule has 0 saturated heterocycles. The molecular formula is C31H39N3O5. The second-order valence-electron chi connectivity index (χ2n) is 10.6. The lowest BCUT2D eigenvalue weighted by molar-refractivity contribution is -0.138. The zero-order valence-electron chi connectivity index (χ0n) is 23.2. The molecule has 0 heterocycles. The van der Waals surface area contributed by atoms with E-state index in [4.69, 9.17) is 4.74 Å². The van der Waals surface area contributed by atoms with Gasteiger partial charge in [0.2, 0.25) is 5.91 Å². The Morgan fingerprint density at radius 3 is 2.36 bits per heavy atom. The highest BCUT2D eigenvalue weighted by Gasteiger charge is 2.32. The summed E-state index contributed by atoms with van der Waals surface area (Å²) in [5.41, 5.74) is 0.347. The number of alkyl carbamates (subject to hydrolysis) is 1. The number of aromatic hydroxyl groups is 1. The van der Waals surface area contributed by atoms with Crippen molar-refractivity contribution < 1.29 is 24.2 Å². The molecule has 3 aromatic carbocycles. The van der Waals surface area contributed by atoms with Crippen molar-refractivity contribution in [1.82, 2.24) is 10.2 Å². The topological polar surface area (TPSA) is 108 Å². The number of rotatable bonds is 11. The molecule has 3 N–H and O–H groups in total. The van der Waals surface area contributed by atoms with Gasteiger partial charge < -0.3 is 25.4 Å². The van der Waals surface area contributed by atoms with Gasteiger partial charge in [-0.15, -0.1) is 0 Å². The van der Waals surface area contributed by atoms with E-state index in [9.17, 15) is 19.5 Å². The first kappa shape index (κ1) is 29.5. The molecule has 3 amide bonds. The van der Waals surface area contributed by atoms with Crippen molar-refractivity contribution in [3.63, 3.8) is 0 Å². The smallest absolute Gasteiger partial charge is 0.408 e. The first-order valence-corrected chi connectivity index (χ1v) is 13.4. The number of phenols is 1. The van der Waals surface area contributed by atoms with Crippen molar-refractivity contribution in [1.29, 1.82) is 0 Å². The van der Waals surface area contributed by atoms with Gasteiger partial charge in [0, 0.05) is 12.2 Å². The Labute approximate surface area is 230 Å². The normalized spacial score (nSPS) is 12.0. The fourth-order valence-corrected chi connectivity index (χ4v) is 4.32.